The number of aliphatic hydroxyl groups is 2. The van der Waals surface area contributed by atoms with Crippen LogP contribution in [0.1, 0.15) is 6.23 Å². The van der Waals surface area contributed by atoms with Crippen LogP contribution in [0.2, 0.25) is 0 Å². The number of halogens is 1. The second-order valence-electron chi connectivity index (χ2n) is 7.65. The number of hydrogen-bond donors (Lipinski definition) is 4. The highest BCUT2D eigenvalue weighted by Crippen LogP contribution is 2.39. The zero-order valence-corrected chi connectivity index (χ0v) is 17.0. The van der Waals surface area contributed by atoms with Crippen LogP contribution in [0.15, 0.2) is 67.1 Å². The smallest absolute Gasteiger partial charge is 0.164 e. The standard InChI is InChI=1S/C23H22FN5O3/c24-14-6-8-15(9-7-14)28-21-18-16(13-4-2-1-3-5-13)11-29(22(18)27-12-26-21)23-20(31)19(30)17(10-25)32-23/h1-9,11-12,17,19-20,23,30-31H,10,25H2,(H,26,27,28)/t17-,19+,20+,23+/m0/s1. The van der Waals surface area contributed by atoms with Crippen LogP contribution >= 0.6 is 0 Å². The minimum atomic E-state index is -1.17. The van der Waals surface area contributed by atoms with E-state index in [-0.39, 0.29) is 12.4 Å². The van der Waals surface area contributed by atoms with Crippen LogP contribution in [-0.4, -0.2) is 49.6 Å². The molecule has 1 fully saturated rings. The van der Waals surface area contributed by atoms with Gasteiger partial charge in [0.2, 0.25) is 0 Å². The van der Waals surface area contributed by atoms with Crippen LogP contribution in [-0.2, 0) is 4.74 Å². The van der Waals surface area contributed by atoms with Crippen molar-refractivity contribution in [3.63, 3.8) is 0 Å². The van der Waals surface area contributed by atoms with Gasteiger partial charge in [-0.1, -0.05) is 30.3 Å². The molecule has 0 aliphatic carbocycles. The molecule has 1 aliphatic rings. The fraction of sp³-hybridized carbons (Fsp3) is 0.217. The lowest BCUT2D eigenvalue weighted by Crippen LogP contribution is -2.35. The Morgan fingerprint density at radius 2 is 1.78 bits per heavy atom. The quantitative estimate of drug-likeness (QED) is 0.380. The molecule has 0 spiro atoms. The summed E-state index contributed by atoms with van der Waals surface area (Å²) >= 11 is 0. The number of hydrogen-bond acceptors (Lipinski definition) is 7. The van der Waals surface area contributed by atoms with Crippen molar-refractivity contribution >= 4 is 22.5 Å². The summed E-state index contributed by atoms with van der Waals surface area (Å²) in [5.74, 6) is 0.183. The summed E-state index contributed by atoms with van der Waals surface area (Å²) in [6, 6.07) is 15.6. The molecule has 0 unspecified atom stereocenters. The number of ether oxygens (including phenoxy) is 1. The van der Waals surface area contributed by atoms with E-state index in [0.29, 0.717) is 22.5 Å². The number of anilines is 2. The first-order chi connectivity index (χ1) is 15.6. The maximum absolute atomic E-state index is 13.3. The maximum Gasteiger partial charge on any atom is 0.164 e. The van der Waals surface area contributed by atoms with E-state index in [1.54, 1.807) is 16.7 Å². The lowest BCUT2D eigenvalue weighted by Gasteiger charge is -2.17. The Morgan fingerprint density at radius 1 is 1.03 bits per heavy atom. The van der Waals surface area contributed by atoms with Crippen LogP contribution < -0.4 is 11.1 Å². The normalized spacial score (nSPS) is 23.0. The fourth-order valence-corrected chi connectivity index (χ4v) is 4.03. The van der Waals surface area contributed by atoms with Gasteiger partial charge in [-0.3, -0.25) is 0 Å². The van der Waals surface area contributed by atoms with Crippen LogP contribution in [0.3, 0.4) is 0 Å². The summed E-state index contributed by atoms with van der Waals surface area (Å²) in [7, 11) is 0. The molecule has 0 bridgehead atoms. The summed E-state index contributed by atoms with van der Waals surface area (Å²) < 4.78 is 20.9. The van der Waals surface area contributed by atoms with Crippen LogP contribution in [0, 0.1) is 5.82 Å². The van der Waals surface area contributed by atoms with Crippen LogP contribution in [0.5, 0.6) is 0 Å². The van der Waals surface area contributed by atoms with Gasteiger partial charge in [0, 0.05) is 24.0 Å². The molecular weight excluding hydrogens is 413 g/mol. The Hall–Kier alpha value is -3.37. The van der Waals surface area contributed by atoms with Gasteiger partial charge in [0.1, 0.15) is 41.9 Å². The van der Waals surface area contributed by atoms with Crippen molar-refractivity contribution < 1.29 is 19.3 Å². The van der Waals surface area contributed by atoms with Gasteiger partial charge in [0.25, 0.3) is 0 Å². The van der Waals surface area contributed by atoms with E-state index in [1.165, 1.54) is 18.5 Å². The SMILES string of the molecule is NC[C@@H]1O[C@@H](n2cc(-c3ccccc3)c3c(Nc4ccc(F)cc4)ncnc32)[C@H](O)[C@@H]1O. The Labute approximate surface area is 183 Å². The molecule has 5 N–H and O–H groups in total. The molecule has 0 amide bonds. The largest absolute Gasteiger partial charge is 0.387 e. The van der Waals surface area contributed by atoms with E-state index >= 15 is 0 Å². The van der Waals surface area contributed by atoms with Crippen molar-refractivity contribution in [2.45, 2.75) is 24.5 Å². The van der Waals surface area contributed by atoms with Crippen molar-refractivity contribution in [2.24, 2.45) is 5.73 Å². The Balaban J connectivity index is 1.67. The molecule has 2 aromatic carbocycles. The van der Waals surface area contributed by atoms with E-state index in [0.717, 1.165) is 11.1 Å². The number of benzene rings is 2. The van der Waals surface area contributed by atoms with E-state index in [1.807, 2.05) is 36.5 Å². The third kappa shape index (κ3) is 3.51. The zero-order chi connectivity index (χ0) is 22.2. The monoisotopic (exact) mass is 435 g/mol. The predicted molar refractivity (Wildman–Crippen MR) is 118 cm³/mol. The fourth-order valence-electron chi connectivity index (χ4n) is 4.03. The van der Waals surface area contributed by atoms with Gasteiger partial charge in [-0.05, 0) is 29.8 Å². The number of rotatable bonds is 5. The van der Waals surface area contributed by atoms with Crippen LogP contribution in [0.4, 0.5) is 15.9 Å². The summed E-state index contributed by atoms with van der Waals surface area (Å²) in [6.07, 6.45) is -0.618. The Bertz CT molecular complexity index is 1230. The first-order valence-electron chi connectivity index (χ1n) is 10.2. The zero-order valence-electron chi connectivity index (χ0n) is 17.0. The molecule has 9 heteroatoms. The predicted octanol–water partition coefficient (Wildman–Crippen LogP) is 2.56. The average molecular weight is 435 g/mol. The lowest BCUT2D eigenvalue weighted by atomic mass is 10.1. The Kier molecular flexibility index (Phi) is 5.32. The van der Waals surface area contributed by atoms with Gasteiger partial charge in [0.15, 0.2) is 6.23 Å². The van der Waals surface area contributed by atoms with Gasteiger partial charge in [-0.2, -0.15) is 0 Å². The average Bonchev–Trinajstić information content (AvgIpc) is 3.34. The molecule has 164 valence electrons. The van der Waals surface area contributed by atoms with Crippen molar-refractivity contribution in [1.29, 1.82) is 0 Å². The number of nitrogens with zero attached hydrogens (tertiary/aromatic N) is 3. The second-order valence-corrected chi connectivity index (χ2v) is 7.65. The minimum absolute atomic E-state index is 0.0752. The van der Waals surface area contributed by atoms with Crippen molar-refractivity contribution in [3.8, 4) is 11.1 Å². The summed E-state index contributed by atoms with van der Waals surface area (Å²) in [6.45, 7) is 0.0752. The lowest BCUT2D eigenvalue weighted by molar-refractivity contribution is -0.0318. The highest BCUT2D eigenvalue weighted by atomic mass is 19.1. The molecule has 0 radical (unpaired) electrons. The van der Waals surface area contributed by atoms with Crippen molar-refractivity contribution in [2.75, 3.05) is 11.9 Å². The highest BCUT2D eigenvalue weighted by molar-refractivity contribution is 6.02. The van der Waals surface area contributed by atoms with Gasteiger partial charge >= 0.3 is 0 Å². The maximum atomic E-state index is 13.3. The number of fused-ring (bicyclic) bond motifs is 1. The number of aliphatic hydroxyl groups excluding tert-OH is 2. The van der Waals surface area contributed by atoms with Crippen molar-refractivity contribution in [3.05, 3.63) is 72.9 Å². The van der Waals surface area contributed by atoms with Gasteiger partial charge in [-0.25, -0.2) is 14.4 Å². The van der Waals surface area contributed by atoms with E-state index in [9.17, 15) is 14.6 Å². The van der Waals surface area contributed by atoms with Gasteiger partial charge < -0.3 is 30.6 Å². The third-order valence-electron chi connectivity index (χ3n) is 5.64. The van der Waals surface area contributed by atoms with E-state index < -0.39 is 24.5 Å². The van der Waals surface area contributed by atoms with E-state index in [4.69, 9.17) is 10.5 Å². The molecule has 1 saturated heterocycles. The molecule has 1 aliphatic heterocycles. The molecule has 3 heterocycles. The highest BCUT2D eigenvalue weighted by Gasteiger charge is 2.43. The Morgan fingerprint density at radius 3 is 2.47 bits per heavy atom. The third-order valence-corrected chi connectivity index (χ3v) is 5.64. The number of nitrogens with one attached hydrogen (secondary N) is 1. The first kappa shape index (κ1) is 20.5. The topological polar surface area (TPSA) is 118 Å². The summed E-state index contributed by atoms with van der Waals surface area (Å²) in [5.41, 5.74) is 8.59. The molecule has 2 aromatic heterocycles. The molecule has 5 rings (SSSR count). The molecular formula is C23H22FN5O3. The second kappa shape index (κ2) is 8.29. The molecule has 8 nitrogen and oxygen atoms in total. The van der Waals surface area contributed by atoms with E-state index in [2.05, 4.69) is 15.3 Å². The number of aromatic nitrogens is 3. The summed E-state index contributed by atoms with van der Waals surface area (Å²) in [5, 5.41) is 24.9. The van der Waals surface area contributed by atoms with Crippen LogP contribution in [0.25, 0.3) is 22.2 Å². The van der Waals surface area contributed by atoms with Gasteiger partial charge in [-0.15, -0.1) is 0 Å². The molecule has 32 heavy (non-hydrogen) atoms. The first-order valence-corrected chi connectivity index (χ1v) is 10.2. The number of nitrogens with two attached hydrogens (primary N) is 1. The molecule has 4 atom stereocenters. The molecule has 0 saturated carbocycles. The minimum Gasteiger partial charge on any atom is -0.387 e. The summed E-state index contributed by atoms with van der Waals surface area (Å²) in [4.78, 5) is 8.86. The molecule has 4 aromatic rings. The van der Waals surface area contributed by atoms with Crippen molar-refractivity contribution in [1.82, 2.24) is 14.5 Å². The van der Waals surface area contributed by atoms with Gasteiger partial charge in [0.05, 0.1) is 5.39 Å².